The number of anilines is 1. The van der Waals surface area contributed by atoms with Crippen LogP contribution in [0.25, 0.3) is 11.1 Å². The third-order valence-electron chi connectivity index (χ3n) is 5.97. The van der Waals surface area contributed by atoms with Gasteiger partial charge in [0.1, 0.15) is 24.0 Å². The van der Waals surface area contributed by atoms with E-state index in [9.17, 15) is 18.0 Å². The molecule has 0 spiro atoms. The minimum Gasteiger partial charge on any atom is -0.492 e. The average Bonchev–Trinajstić information content (AvgIpc) is 2.92. The quantitative estimate of drug-likeness (QED) is 0.0810. The van der Waals surface area contributed by atoms with Crippen molar-refractivity contribution in [3.05, 3.63) is 107 Å². The number of ether oxygens (including phenoxy) is 1. The van der Waals surface area contributed by atoms with Crippen LogP contribution in [0, 0.1) is 17.0 Å². The number of likely N-dealkylation sites (N-methyl/N-ethyl adjacent to an activating group) is 1. The molecule has 6 nitrogen and oxygen atoms in total. The van der Waals surface area contributed by atoms with E-state index >= 15 is 0 Å². The van der Waals surface area contributed by atoms with Gasteiger partial charge in [-0.25, -0.2) is 8.78 Å². The lowest BCUT2D eigenvalue weighted by molar-refractivity contribution is -0.116. The smallest absolute Gasteiger partial charge is 0.243 e. The highest BCUT2D eigenvalue weighted by Crippen LogP contribution is 2.38. The molecule has 204 valence electrons. The number of allylic oxidation sites excluding steroid dienone is 1. The molecule has 0 aliphatic rings. The first kappa shape index (κ1) is 29.2. The van der Waals surface area contributed by atoms with E-state index in [0.717, 1.165) is 0 Å². The first-order valence-corrected chi connectivity index (χ1v) is 12.4. The van der Waals surface area contributed by atoms with Gasteiger partial charge in [0.05, 0.1) is 5.56 Å². The number of halogens is 3. The minimum atomic E-state index is -1.20. The Morgan fingerprint density at radius 2 is 1.72 bits per heavy atom. The van der Waals surface area contributed by atoms with Gasteiger partial charge >= 0.3 is 0 Å². The van der Waals surface area contributed by atoms with Crippen LogP contribution in [-0.2, 0) is 4.79 Å². The van der Waals surface area contributed by atoms with Crippen molar-refractivity contribution >= 4 is 28.7 Å². The number of carbonyl (C=O) groups excluding carboxylic acids is 1. The molecule has 0 atom stereocenters. The second kappa shape index (κ2) is 14.0. The predicted molar refractivity (Wildman–Crippen MR) is 149 cm³/mol. The molecule has 0 aliphatic carbocycles. The monoisotopic (exact) mass is 536 g/mol. The van der Waals surface area contributed by atoms with E-state index in [1.54, 1.807) is 50.4 Å². The number of benzene rings is 3. The Balaban J connectivity index is 1.93. The van der Waals surface area contributed by atoms with Gasteiger partial charge in [0.25, 0.3) is 0 Å². The Morgan fingerprint density at radius 1 is 1.05 bits per heavy atom. The molecule has 0 saturated carbocycles. The number of nitrogens with two attached hydrogens (primary N) is 1. The lowest BCUT2D eigenvalue weighted by Gasteiger charge is -2.18. The van der Waals surface area contributed by atoms with Crippen molar-refractivity contribution < 1.29 is 22.7 Å². The molecule has 0 bridgehead atoms. The molecule has 3 aromatic rings. The van der Waals surface area contributed by atoms with E-state index in [0.29, 0.717) is 47.7 Å². The summed E-state index contributed by atoms with van der Waals surface area (Å²) in [6, 6.07) is 15.2. The van der Waals surface area contributed by atoms with E-state index < -0.39 is 17.6 Å². The summed E-state index contributed by atoms with van der Waals surface area (Å²) in [5.74, 6) is -2.22. The Bertz CT molecular complexity index is 1370. The molecule has 0 unspecified atom stereocenters. The van der Waals surface area contributed by atoms with Gasteiger partial charge in [-0.15, -0.1) is 0 Å². The summed E-state index contributed by atoms with van der Waals surface area (Å²) in [7, 11) is 1.56. The minimum absolute atomic E-state index is 0.0854. The number of carbonyl (C=O) groups is 1. The normalized spacial score (nSPS) is 11.8. The van der Waals surface area contributed by atoms with Gasteiger partial charge < -0.3 is 21.1 Å². The van der Waals surface area contributed by atoms with Crippen molar-refractivity contribution in [2.75, 3.05) is 32.5 Å². The molecule has 5 N–H and O–H groups in total. The van der Waals surface area contributed by atoms with Crippen molar-refractivity contribution in [2.45, 2.75) is 13.3 Å². The standard InChI is InChI=1S/C30H31F3N4O2/c1-3-22(29-24(31)6-4-7-25(29)32)28(20-11-14-26(34)23(18-20)30(33)35)19-9-12-21(13-10-19)39-17-16-37-15-5-8-27(38)36-2/h4-14,18,35,37H,3,15-17,34H2,1-2H3,(H,36,38)/b8-5+,28-22+,35-30?. The van der Waals surface area contributed by atoms with E-state index in [4.69, 9.17) is 15.9 Å². The van der Waals surface area contributed by atoms with Gasteiger partial charge in [-0.1, -0.05) is 37.3 Å². The zero-order valence-corrected chi connectivity index (χ0v) is 21.8. The largest absolute Gasteiger partial charge is 0.492 e. The second-order valence-corrected chi connectivity index (χ2v) is 8.51. The van der Waals surface area contributed by atoms with Gasteiger partial charge in [-0.05, 0) is 65.1 Å². The van der Waals surface area contributed by atoms with Crippen molar-refractivity contribution in [3.8, 4) is 5.75 Å². The van der Waals surface area contributed by atoms with Crippen LogP contribution in [0.5, 0.6) is 5.75 Å². The number of hydrogen-bond donors (Lipinski definition) is 4. The van der Waals surface area contributed by atoms with Gasteiger partial charge in [0.2, 0.25) is 11.9 Å². The summed E-state index contributed by atoms with van der Waals surface area (Å²) >= 11 is 0. The maximum absolute atomic E-state index is 14.9. The Kier molecular flexibility index (Phi) is 10.5. The first-order valence-electron chi connectivity index (χ1n) is 12.4. The predicted octanol–water partition coefficient (Wildman–Crippen LogP) is 5.48. The molecule has 0 aliphatic heterocycles. The summed E-state index contributed by atoms with van der Waals surface area (Å²) in [5.41, 5.74) is 7.63. The summed E-state index contributed by atoms with van der Waals surface area (Å²) in [6.07, 6.45) is 3.42. The highest BCUT2D eigenvalue weighted by atomic mass is 19.1. The Hall–Kier alpha value is -4.37. The van der Waals surface area contributed by atoms with Crippen molar-refractivity contribution in [1.82, 2.24) is 10.6 Å². The lowest BCUT2D eigenvalue weighted by Crippen LogP contribution is -2.21. The number of rotatable bonds is 12. The van der Waals surface area contributed by atoms with Crippen LogP contribution in [0.15, 0.2) is 72.8 Å². The van der Waals surface area contributed by atoms with Crippen LogP contribution < -0.4 is 21.1 Å². The fourth-order valence-electron chi connectivity index (χ4n) is 4.08. The zero-order valence-electron chi connectivity index (χ0n) is 21.8. The number of nitrogen functional groups attached to an aromatic ring is 1. The molecule has 0 saturated heterocycles. The molecular weight excluding hydrogens is 505 g/mol. The highest BCUT2D eigenvalue weighted by molar-refractivity contribution is 6.02. The van der Waals surface area contributed by atoms with E-state index in [-0.39, 0.29) is 29.1 Å². The molecule has 0 aromatic heterocycles. The SMILES string of the molecule is CC/C(=C(/c1ccc(OCCNC/C=C/C(=O)NC)cc1)c1ccc(N)c(C(=N)F)c1)c1c(F)cccc1F. The summed E-state index contributed by atoms with van der Waals surface area (Å²) in [6.45, 7) is 3.21. The van der Waals surface area contributed by atoms with Crippen molar-refractivity contribution in [3.63, 3.8) is 0 Å². The number of nitrogens with one attached hydrogen (secondary N) is 3. The topological polar surface area (TPSA) is 100 Å². The van der Waals surface area contributed by atoms with E-state index in [1.807, 2.05) is 0 Å². The fraction of sp³-hybridized carbons (Fsp3) is 0.200. The fourth-order valence-corrected chi connectivity index (χ4v) is 4.08. The van der Waals surface area contributed by atoms with Crippen molar-refractivity contribution in [1.29, 1.82) is 5.41 Å². The van der Waals surface area contributed by atoms with Crippen LogP contribution in [0.2, 0.25) is 0 Å². The Labute approximate surface area is 225 Å². The zero-order chi connectivity index (χ0) is 28.4. The van der Waals surface area contributed by atoms with Crippen LogP contribution in [0.3, 0.4) is 0 Å². The molecule has 3 aromatic carbocycles. The van der Waals surface area contributed by atoms with Crippen LogP contribution in [0.4, 0.5) is 18.9 Å². The van der Waals surface area contributed by atoms with Crippen LogP contribution >= 0.6 is 0 Å². The van der Waals surface area contributed by atoms with Crippen LogP contribution in [-0.4, -0.2) is 38.6 Å². The molecule has 0 heterocycles. The average molecular weight is 537 g/mol. The van der Waals surface area contributed by atoms with E-state index in [2.05, 4.69) is 10.6 Å². The first-order chi connectivity index (χ1) is 18.8. The molecule has 3 rings (SSSR count). The summed E-state index contributed by atoms with van der Waals surface area (Å²) < 4.78 is 49.5. The van der Waals surface area contributed by atoms with Gasteiger partial charge in [0, 0.05) is 37.5 Å². The maximum atomic E-state index is 14.9. The summed E-state index contributed by atoms with van der Waals surface area (Å²) in [4.78, 5) is 11.2. The van der Waals surface area contributed by atoms with Gasteiger partial charge in [-0.3, -0.25) is 10.2 Å². The molecule has 0 fully saturated rings. The maximum Gasteiger partial charge on any atom is 0.243 e. The van der Waals surface area contributed by atoms with Crippen LogP contribution in [0.1, 0.15) is 35.6 Å². The highest BCUT2D eigenvalue weighted by Gasteiger charge is 2.20. The Morgan fingerprint density at radius 3 is 2.33 bits per heavy atom. The molecule has 39 heavy (non-hydrogen) atoms. The van der Waals surface area contributed by atoms with E-state index in [1.165, 1.54) is 36.4 Å². The van der Waals surface area contributed by atoms with Crippen molar-refractivity contribution in [2.24, 2.45) is 0 Å². The van der Waals surface area contributed by atoms with Gasteiger partial charge in [-0.2, -0.15) is 4.39 Å². The number of amides is 1. The van der Waals surface area contributed by atoms with Gasteiger partial charge in [0.15, 0.2) is 0 Å². The second-order valence-electron chi connectivity index (χ2n) is 8.51. The third-order valence-corrected chi connectivity index (χ3v) is 5.97. The molecular formula is C30H31F3N4O2. The summed E-state index contributed by atoms with van der Waals surface area (Å²) in [5, 5.41) is 13.1. The lowest BCUT2D eigenvalue weighted by atomic mass is 9.87. The number of hydrogen-bond acceptors (Lipinski definition) is 5. The molecule has 9 heteroatoms. The molecule has 0 radical (unpaired) electrons. The molecule has 1 amide bonds. The third kappa shape index (κ3) is 7.58.